The minimum absolute atomic E-state index is 0.574. The van der Waals surface area contributed by atoms with Crippen molar-refractivity contribution in [3.8, 4) is 11.3 Å². The van der Waals surface area contributed by atoms with E-state index in [0.29, 0.717) is 16.9 Å². The molecule has 104 valence electrons. The molecule has 5 heteroatoms. The predicted octanol–water partition coefficient (Wildman–Crippen LogP) is 2.85. The zero-order valence-electron chi connectivity index (χ0n) is 11.7. The average molecular weight is 287 g/mol. The number of nitrogens with two attached hydrogens (primary N) is 1. The summed E-state index contributed by atoms with van der Waals surface area (Å²) in [5.41, 5.74) is 9.27. The lowest BCUT2D eigenvalue weighted by Gasteiger charge is -2.12. The Morgan fingerprint density at radius 1 is 1.15 bits per heavy atom. The Balaban J connectivity index is 1.99. The number of hydrogen-bond donors (Lipinski definition) is 1. The number of hydrogen-bond acceptors (Lipinski definition) is 4. The molecular weight excluding hydrogens is 269 g/mol. The fourth-order valence-corrected chi connectivity index (χ4v) is 3.41. The second kappa shape index (κ2) is 4.71. The molecule has 4 nitrogen and oxygen atoms in total. The largest absolute Gasteiger partial charge is 0.398 e. The van der Waals surface area contributed by atoms with Crippen molar-refractivity contribution in [1.29, 1.82) is 0 Å². The Bertz CT molecular complexity index is 687. The van der Waals surface area contributed by atoms with Gasteiger partial charge in [-0.05, 0) is 50.4 Å². The zero-order valence-corrected chi connectivity index (χ0v) is 12.6. The lowest BCUT2D eigenvalue weighted by atomic mass is 10.1. The molecule has 20 heavy (non-hydrogen) atoms. The van der Waals surface area contributed by atoms with Crippen LogP contribution in [0.4, 0.5) is 5.69 Å². The van der Waals surface area contributed by atoms with E-state index in [9.17, 15) is 4.57 Å². The summed E-state index contributed by atoms with van der Waals surface area (Å²) in [6.45, 7) is 3.45. The number of rotatable bonds is 3. The van der Waals surface area contributed by atoms with Crippen molar-refractivity contribution in [2.45, 2.75) is 18.8 Å². The number of nitrogens with zero attached hydrogens (tertiary/aromatic N) is 2. The smallest absolute Gasteiger partial charge is 0.111 e. The zero-order chi connectivity index (χ0) is 14.3. The summed E-state index contributed by atoms with van der Waals surface area (Å²) < 4.78 is 12.3. The molecule has 0 amide bonds. The summed E-state index contributed by atoms with van der Waals surface area (Å²) in [4.78, 5) is 0. The van der Waals surface area contributed by atoms with E-state index >= 15 is 0 Å². The highest BCUT2D eigenvalue weighted by molar-refractivity contribution is 7.70. The van der Waals surface area contributed by atoms with Gasteiger partial charge >= 0.3 is 0 Å². The quantitative estimate of drug-likeness (QED) is 0.696. The fourth-order valence-electron chi connectivity index (χ4n) is 2.26. The van der Waals surface area contributed by atoms with Crippen molar-refractivity contribution in [2.24, 2.45) is 0 Å². The molecule has 2 aromatic rings. The van der Waals surface area contributed by atoms with Crippen LogP contribution >= 0.6 is 7.14 Å². The molecule has 0 spiro atoms. The lowest BCUT2D eigenvalue weighted by molar-refractivity contribution is 0.588. The molecule has 1 saturated carbocycles. The predicted molar refractivity (Wildman–Crippen MR) is 82.9 cm³/mol. The summed E-state index contributed by atoms with van der Waals surface area (Å²) in [7, 11) is -2.39. The second-order valence-electron chi connectivity index (χ2n) is 5.74. The van der Waals surface area contributed by atoms with Crippen molar-refractivity contribution in [1.82, 2.24) is 10.2 Å². The topological polar surface area (TPSA) is 68.9 Å². The first-order chi connectivity index (χ1) is 9.45. The van der Waals surface area contributed by atoms with Crippen LogP contribution in [-0.2, 0) is 4.57 Å². The monoisotopic (exact) mass is 287 g/mol. The molecule has 0 radical (unpaired) electrons. The van der Waals surface area contributed by atoms with Gasteiger partial charge in [-0.15, -0.1) is 0 Å². The van der Waals surface area contributed by atoms with Gasteiger partial charge in [0, 0.05) is 22.5 Å². The van der Waals surface area contributed by atoms with Gasteiger partial charge < -0.3 is 10.3 Å². The highest BCUT2D eigenvalue weighted by atomic mass is 31.2. The molecule has 2 N–H and O–H groups in total. The van der Waals surface area contributed by atoms with Gasteiger partial charge in [-0.2, -0.15) is 10.2 Å². The summed E-state index contributed by atoms with van der Waals surface area (Å²) >= 11 is 0. The standard InChI is InChI=1S/C15H18N3OP/c1-20(2,19)15-9-11(5-6-12(15)16)14-8-7-13(17-18-14)10-3-4-10/h5-10H,3-4,16H2,1-2H3. The van der Waals surface area contributed by atoms with E-state index in [-0.39, 0.29) is 0 Å². The molecule has 1 fully saturated rings. The number of benzene rings is 1. The van der Waals surface area contributed by atoms with Crippen LogP contribution in [0.3, 0.4) is 0 Å². The van der Waals surface area contributed by atoms with Crippen LogP contribution in [0.5, 0.6) is 0 Å². The summed E-state index contributed by atoms with van der Waals surface area (Å²) in [6, 6.07) is 9.58. The van der Waals surface area contributed by atoms with Gasteiger partial charge in [0.15, 0.2) is 0 Å². The molecule has 1 aliphatic rings. The van der Waals surface area contributed by atoms with E-state index < -0.39 is 7.14 Å². The minimum Gasteiger partial charge on any atom is -0.398 e. The van der Waals surface area contributed by atoms with E-state index in [2.05, 4.69) is 10.2 Å². The van der Waals surface area contributed by atoms with Gasteiger partial charge in [0.25, 0.3) is 0 Å². The van der Waals surface area contributed by atoms with E-state index in [4.69, 9.17) is 5.73 Å². The third-order valence-electron chi connectivity index (χ3n) is 3.59. The first kappa shape index (κ1) is 13.3. The molecular formula is C15H18N3OP. The summed E-state index contributed by atoms with van der Waals surface area (Å²) in [5.74, 6) is 0.602. The van der Waals surface area contributed by atoms with Crippen LogP contribution in [0.1, 0.15) is 24.5 Å². The highest BCUT2D eigenvalue weighted by Crippen LogP contribution is 2.40. The second-order valence-corrected chi connectivity index (χ2v) is 8.93. The molecule has 1 heterocycles. The maximum atomic E-state index is 12.3. The maximum Gasteiger partial charge on any atom is 0.111 e. The Morgan fingerprint density at radius 3 is 2.45 bits per heavy atom. The molecule has 1 aliphatic carbocycles. The molecule has 0 saturated heterocycles. The first-order valence-corrected chi connectivity index (χ1v) is 9.34. The Hall–Kier alpha value is -1.67. The third-order valence-corrected chi connectivity index (χ3v) is 5.13. The summed E-state index contributed by atoms with van der Waals surface area (Å²) in [6.07, 6.45) is 2.43. The van der Waals surface area contributed by atoms with Crippen LogP contribution in [-0.4, -0.2) is 23.5 Å². The van der Waals surface area contributed by atoms with Gasteiger partial charge in [0.2, 0.25) is 0 Å². The molecule has 1 aromatic heterocycles. The van der Waals surface area contributed by atoms with Gasteiger partial charge in [-0.1, -0.05) is 6.07 Å². The molecule has 0 bridgehead atoms. The van der Waals surface area contributed by atoms with Crippen LogP contribution in [0.25, 0.3) is 11.3 Å². The van der Waals surface area contributed by atoms with Gasteiger partial charge in [0.05, 0.1) is 11.4 Å². The van der Waals surface area contributed by atoms with Crippen LogP contribution < -0.4 is 11.0 Å². The van der Waals surface area contributed by atoms with Crippen molar-refractivity contribution < 1.29 is 4.57 Å². The van der Waals surface area contributed by atoms with Crippen molar-refractivity contribution in [2.75, 3.05) is 19.1 Å². The molecule has 0 aliphatic heterocycles. The SMILES string of the molecule is CP(C)(=O)c1cc(-c2ccc(C3CC3)nn2)ccc1N. The highest BCUT2D eigenvalue weighted by Gasteiger charge is 2.25. The number of nitrogen functional groups attached to an aromatic ring is 1. The normalized spacial score (nSPS) is 15.3. The van der Waals surface area contributed by atoms with E-state index in [1.165, 1.54) is 12.8 Å². The van der Waals surface area contributed by atoms with Crippen molar-refractivity contribution in [3.05, 3.63) is 36.0 Å². The Labute approximate surface area is 118 Å². The molecule has 1 aromatic carbocycles. The minimum atomic E-state index is -2.39. The van der Waals surface area contributed by atoms with Crippen LogP contribution in [0.2, 0.25) is 0 Å². The van der Waals surface area contributed by atoms with Crippen LogP contribution in [0.15, 0.2) is 30.3 Å². The molecule has 3 rings (SSSR count). The van der Waals surface area contributed by atoms with Crippen molar-refractivity contribution >= 4 is 18.1 Å². The third kappa shape index (κ3) is 2.61. The van der Waals surface area contributed by atoms with E-state index in [1.54, 1.807) is 19.4 Å². The Kier molecular flexibility index (Phi) is 3.14. The maximum absolute atomic E-state index is 12.3. The first-order valence-electron chi connectivity index (χ1n) is 6.74. The Morgan fingerprint density at radius 2 is 1.90 bits per heavy atom. The molecule has 0 unspecified atom stereocenters. The van der Waals surface area contributed by atoms with Gasteiger partial charge in [0.1, 0.15) is 7.14 Å². The lowest BCUT2D eigenvalue weighted by Crippen LogP contribution is -2.10. The van der Waals surface area contributed by atoms with Crippen LogP contribution in [0, 0.1) is 0 Å². The van der Waals surface area contributed by atoms with Gasteiger partial charge in [-0.3, -0.25) is 0 Å². The van der Waals surface area contributed by atoms with E-state index in [1.807, 2.05) is 24.3 Å². The molecule has 0 atom stereocenters. The number of anilines is 1. The van der Waals surface area contributed by atoms with Gasteiger partial charge in [-0.25, -0.2) is 0 Å². The number of aromatic nitrogens is 2. The summed E-state index contributed by atoms with van der Waals surface area (Å²) in [5, 5.41) is 9.27. The van der Waals surface area contributed by atoms with Crippen molar-refractivity contribution in [3.63, 3.8) is 0 Å². The fraction of sp³-hybridized carbons (Fsp3) is 0.333. The van der Waals surface area contributed by atoms with E-state index in [0.717, 1.165) is 17.0 Å². The average Bonchev–Trinajstić information content (AvgIpc) is 3.22.